The number of aryl methyl sites for hydroxylation is 1. The number of Topliss-reactive ketones (excluding diaryl/α,β-unsaturated/α-hetero) is 1. The molecule has 3 nitrogen and oxygen atoms in total. The molecule has 3 heteroatoms. The molecular weight excluding hydrogens is 286 g/mol. The summed E-state index contributed by atoms with van der Waals surface area (Å²) >= 11 is 0. The van der Waals surface area contributed by atoms with Crippen LogP contribution in [0, 0.1) is 0 Å². The number of nitrogens with one attached hydrogen (secondary N) is 1. The lowest BCUT2D eigenvalue weighted by atomic mass is 9.92. The van der Waals surface area contributed by atoms with Gasteiger partial charge < -0.3 is 5.32 Å². The minimum absolute atomic E-state index is 0.188. The largest absolute Gasteiger partial charge is 0.352 e. The van der Waals surface area contributed by atoms with E-state index in [-0.39, 0.29) is 17.3 Å². The van der Waals surface area contributed by atoms with E-state index < -0.39 is 0 Å². The highest BCUT2D eigenvalue weighted by Crippen LogP contribution is 2.38. The first-order chi connectivity index (χ1) is 11.2. The number of fused-ring (bicyclic) bond motifs is 1. The molecule has 0 saturated carbocycles. The fourth-order valence-corrected chi connectivity index (χ4v) is 3.10. The molecule has 3 rings (SSSR count). The van der Waals surface area contributed by atoms with Crippen molar-refractivity contribution in [2.45, 2.75) is 20.3 Å². The van der Waals surface area contributed by atoms with Crippen molar-refractivity contribution in [3.8, 4) is 0 Å². The third kappa shape index (κ3) is 2.48. The lowest BCUT2D eigenvalue weighted by Gasteiger charge is -2.12. The van der Waals surface area contributed by atoms with E-state index >= 15 is 0 Å². The molecule has 116 valence electrons. The molecule has 0 bridgehead atoms. The first kappa shape index (κ1) is 15.2. The summed E-state index contributed by atoms with van der Waals surface area (Å²) in [5.74, 6) is -0.484. The average molecular weight is 305 g/mol. The molecular formula is C20H19NO2. The Morgan fingerprint density at radius 3 is 2.17 bits per heavy atom. The molecule has 2 aromatic rings. The van der Waals surface area contributed by atoms with Crippen LogP contribution in [0.4, 0.5) is 0 Å². The molecule has 0 aliphatic heterocycles. The van der Waals surface area contributed by atoms with Crippen LogP contribution in [0.3, 0.4) is 0 Å². The Kier molecular flexibility index (Phi) is 4.11. The molecule has 1 aliphatic carbocycles. The van der Waals surface area contributed by atoms with Gasteiger partial charge in [0.2, 0.25) is 0 Å². The molecule has 2 aromatic carbocycles. The van der Waals surface area contributed by atoms with E-state index in [9.17, 15) is 9.59 Å². The number of carbonyl (C=O) groups excluding carboxylic acids is 2. The number of carbonyl (C=O) groups is 2. The molecule has 0 fully saturated rings. The Morgan fingerprint density at radius 2 is 1.52 bits per heavy atom. The van der Waals surface area contributed by atoms with Gasteiger partial charge in [0.05, 0.1) is 5.57 Å². The van der Waals surface area contributed by atoms with E-state index in [1.54, 1.807) is 6.07 Å². The fourth-order valence-electron chi connectivity index (χ4n) is 3.10. The summed E-state index contributed by atoms with van der Waals surface area (Å²) in [5, 5.41) is 2.77. The first-order valence-electron chi connectivity index (χ1n) is 7.93. The van der Waals surface area contributed by atoms with Gasteiger partial charge in [-0.2, -0.15) is 0 Å². The maximum absolute atomic E-state index is 12.8. The van der Waals surface area contributed by atoms with E-state index in [2.05, 4.69) is 12.2 Å². The van der Waals surface area contributed by atoms with E-state index in [0.29, 0.717) is 12.1 Å². The van der Waals surface area contributed by atoms with Crippen LogP contribution >= 0.6 is 0 Å². The number of benzene rings is 2. The SMILES string of the molecule is CCNC(=O)C1=C(c2ccccc2CC)c2ccccc2C1=O. The second kappa shape index (κ2) is 6.21. The average Bonchev–Trinajstić information content (AvgIpc) is 2.88. The van der Waals surface area contributed by atoms with Crippen LogP contribution in [0.5, 0.6) is 0 Å². The van der Waals surface area contributed by atoms with Crippen LogP contribution in [0.1, 0.15) is 40.9 Å². The Bertz CT molecular complexity index is 818. The zero-order valence-electron chi connectivity index (χ0n) is 13.3. The maximum Gasteiger partial charge on any atom is 0.255 e. The lowest BCUT2D eigenvalue weighted by molar-refractivity contribution is -0.117. The minimum atomic E-state index is -0.297. The maximum atomic E-state index is 12.8. The topological polar surface area (TPSA) is 46.2 Å². The molecule has 0 saturated heterocycles. The van der Waals surface area contributed by atoms with Gasteiger partial charge in [-0.25, -0.2) is 0 Å². The van der Waals surface area contributed by atoms with E-state index in [0.717, 1.165) is 28.7 Å². The molecule has 1 N–H and O–H groups in total. The zero-order valence-corrected chi connectivity index (χ0v) is 13.3. The monoisotopic (exact) mass is 305 g/mol. The molecule has 0 aromatic heterocycles. The molecule has 1 amide bonds. The van der Waals surface area contributed by atoms with Crippen LogP contribution in [-0.2, 0) is 11.2 Å². The Balaban J connectivity index is 2.29. The number of rotatable bonds is 4. The normalized spacial score (nSPS) is 13.2. The molecule has 0 atom stereocenters. The molecule has 23 heavy (non-hydrogen) atoms. The van der Waals surface area contributed by atoms with Gasteiger partial charge in [-0.3, -0.25) is 9.59 Å². The van der Waals surface area contributed by atoms with Crippen LogP contribution in [-0.4, -0.2) is 18.2 Å². The van der Waals surface area contributed by atoms with Crippen molar-refractivity contribution < 1.29 is 9.59 Å². The Hall–Kier alpha value is -2.68. The van der Waals surface area contributed by atoms with E-state index in [1.807, 2.05) is 49.4 Å². The van der Waals surface area contributed by atoms with Gasteiger partial charge in [0.1, 0.15) is 0 Å². The Labute approximate surface area is 136 Å². The third-order valence-corrected chi connectivity index (χ3v) is 4.15. The molecule has 0 unspecified atom stereocenters. The fraction of sp³-hybridized carbons (Fsp3) is 0.200. The minimum Gasteiger partial charge on any atom is -0.352 e. The molecule has 1 aliphatic rings. The molecule has 0 radical (unpaired) electrons. The van der Waals surface area contributed by atoms with Gasteiger partial charge in [0.25, 0.3) is 5.91 Å². The third-order valence-electron chi connectivity index (χ3n) is 4.15. The van der Waals surface area contributed by atoms with Gasteiger partial charge in [0, 0.05) is 17.7 Å². The first-order valence-corrected chi connectivity index (χ1v) is 7.93. The summed E-state index contributed by atoms with van der Waals surface area (Å²) in [6.07, 6.45) is 0.846. The van der Waals surface area contributed by atoms with Crippen molar-refractivity contribution in [2.24, 2.45) is 0 Å². The standard InChI is InChI=1S/C20H19NO2/c1-3-13-9-5-6-10-14(13)17-15-11-7-8-12-16(15)19(22)18(17)20(23)21-4-2/h5-12H,3-4H2,1-2H3,(H,21,23). The van der Waals surface area contributed by atoms with Gasteiger partial charge in [-0.15, -0.1) is 0 Å². The van der Waals surface area contributed by atoms with Crippen LogP contribution in [0.25, 0.3) is 5.57 Å². The van der Waals surface area contributed by atoms with Crippen LogP contribution in [0.2, 0.25) is 0 Å². The van der Waals surface area contributed by atoms with Crippen molar-refractivity contribution in [1.29, 1.82) is 0 Å². The van der Waals surface area contributed by atoms with Gasteiger partial charge in [-0.1, -0.05) is 55.5 Å². The predicted octanol–water partition coefficient (Wildman–Crippen LogP) is 3.38. The summed E-state index contributed by atoms with van der Waals surface area (Å²) < 4.78 is 0. The van der Waals surface area contributed by atoms with Crippen molar-refractivity contribution in [3.63, 3.8) is 0 Å². The number of hydrogen-bond acceptors (Lipinski definition) is 2. The highest BCUT2D eigenvalue weighted by molar-refractivity contribution is 6.36. The van der Waals surface area contributed by atoms with Crippen molar-refractivity contribution in [1.82, 2.24) is 5.32 Å². The summed E-state index contributed by atoms with van der Waals surface area (Å²) in [4.78, 5) is 25.3. The Morgan fingerprint density at radius 1 is 0.913 bits per heavy atom. The highest BCUT2D eigenvalue weighted by atomic mass is 16.2. The highest BCUT2D eigenvalue weighted by Gasteiger charge is 2.34. The smallest absolute Gasteiger partial charge is 0.255 e. The van der Waals surface area contributed by atoms with E-state index in [1.165, 1.54) is 0 Å². The quantitative estimate of drug-likeness (QED) is 0.880. The number of amides is 1. The van der Waals surface area contributed by atoms with Gasteiger partial charge >= 0.3 is 0 Å². The van der Waals surface area contributed by atoms with Crippen molar-refractivity contribution >= 4 is 17.3 Å². The van der Waals surface area contributed by atoms with Crippen LogP contribution in [0.15, 0.2) is 54.1 Å². The summed E-state index contributed by atoms with van der Waals surface area (Å²) in [5.41, 5.74) is 4.57. The lowest BCUT2D eigenvalue weighted by Crippen LogP contribution is -2.27. The van der Waals surface area contributed by atoms with Crippen molar-refractivity contribution in [3.05, 3.63) is 76.4 Å². The van der Waals surface area contributed by atoms with Crippen LogP contribution < -0.4 is 5.32 Å². The van der Waals surface area contributed by atoms with E-state index in [4.69, 9.17) is 0 Å². The molecule has 0 spiro atoms. The summed E-state index contributed by atoms with van der Waals surface area (Å²) in [6.45, 7) is 4.42. The summed E-state index contributed by atoms with van der Waals surface area (Å²) in [6, 6.07) is 15.4. The van der Waals surface area contributed by atoms with Crippen molar-refractivity contribution in [2.75, 3.05) is 6.54 Å². The zero-order chi connectivity index (χ0) is 16.4. The summed E-state index contributed by atoms with van der Waals surface area (Å²) in [7, 11) is 0. The predicted molar refractivity (Wildman–Crippen MR) is 91.3 cm³/mol. The van der Waals surface area contributed by atoms with Gasteiger partial charge in [0.15, 0.2) is 5.78 Å². The number of likely N-dealkylation sites (N-methyl/N-ethyl adjacent to an activating group) is 1. The van der Waals surface area contributed by atoms with Gasteiger partial charge in [-0.05, 0) is 30.0 Å². The second-order valence-electron chi connectivity index (χ2n) is 5.49. The number of ketones is 1. The molecule has 0 heterocycles. The second-order valence-corrected chi connectivity index (χ2v) is 5.49. The number of hydrogen-bond donors (Lipinski definition) is 1.